The minimum Gasteiger partial charge on any atom is -0.457 e. The van der Waals surface area contributed by atoms with E-state index < -0.39 is 17.1 Å². The average molecular weight is 715 g/mol. The fourth-order valence-electron chi connectivity index (χ4n) is 4.33. The first-order chi connectivity index (χ1) is 22.2. The molecule has 0 aliphatic carbocycles. The molecule has 0 saturated heterocycles. The van der Waals surface area contributed by atoms with Crippen molar-refractivity contribution in [3.63, 3.8) is 0 Å². The van der Waals surface area contributed by atoms with Gasteiger partial charge >= 0.3 is 0 Å². The molecule has 7 nitrogen and oxygen atoms in total. The van der Waals surface area contributed by atoms with Crippen molar-refractivity contribution in [2.45, 2.75) is 24.0 Å². The first kappa shape index (κ1) is 32.8. The number of halogens is 2. The van der Waals surface area contributed by atoms with Gasteiger partial charge in [0.15, 0.2) is 0 Å². The summed E-state index contributed by atoms with van der Waals surface area (Å²) in [5.74, 6) is -0.113. The molecular formula is C36H29BrClN3O4S. The number of hydrogen-bond acceptors (Lipinski definition) is 5. The van der Waals surface area contributed by atoms with Crippen LogP contribution in [0.25, 0.3) is 17.4 Å². The van der Waals surface area contributed by atoms with Crippen LogP contribution in [0.2, 0.25) is 5.02 Å². The number of carbonyl (C=O) groups is 3. The average Bonchev–Trinajstić information content (AvgIpc) is 3.53. The molecule has 0 radical (unpaired) electrons. The van der Waals surface area contributed by atoms with E-state index in [1.807, 2.05) is 62.4 Å². The number of anilines is 2. The molecule has 0 saturated carbocycles. The van der Waals surface area contributed by atoms with Gasteiger partial charge in [-0.25, -0.2) is 0 Å². The molecule has 4 aromatic carbocycles. The molecule has 0 aliphatic rings. The monoisotopic (exact) mass is 713 g/mol. The van der Waals surface area contributed by atoms with E-state index in [1.165, 1.54) is 17.8 Å². The van der Waals surface area contributed by atoms with E-state index in [9.17, 15) is 14.4 Å². The van der Waals surface area contributed by atoms with E-state index in [-0.39, 0.29) is 11.6 Å². The highest BCUT2D eigenvalue weighted by Crippen LogP contribution is 2.28. The number of carbonyl (C=O) groups excluding carboxylic acids is 3. The van der Waals surface area contributed by atoms with Crippen LogP contribution in [0.4, 0.5) is 11.4 Å². The predicted molar refractivity (Wildman–Crippen MR) is 189 cm³/mol. The predicted octanol–water partition coefficient (Wildman–Crippen LogP) is 9.20. The zero-order chi connectivity index (χ0) is 32.6. The number of hydrogen-bond donors (Lipinski definition) is 3. The van der Waals surface area contributed by atoms with E-state index >= 15 is 0 Å². The van der Waals surface area contributed by atoms with Crippen molar-refractivity contribution in [3.05, 3.63) is 141 Å². The molecule has 10 heteroatoms. The molecule has 0 aliphatic heterocycles. The number of thioether (sulfide) groups is 1. The standard InChI is InChI=1S/C36H29BrClN3O4S/c1-22-30(38)9-6-10-31(22)40-34(42)23(2)46-29-18-15-27(16-19-29)39-36(44)32(41-35(43)25-7-4-3-5-8-25)21-28-17-20-33(45-28)24-11-13-26(37)14-12-24/h3-21,23H,1-2H3,(H,39,44)(H,40,42)(H,41,43). The fraction of sp³-hybridized carbons (Fsp3) is 0.0833. The lowest BCUT2D eigenvalue weighted by atomic mass is 10.2. The number of rotatable bonds is 10. The Bertz CT molecular complexity index is 1890. The third kappa shape index (κ3) is 8.57. The summed E-state index contributed by atoms with van der Waals surface area (Å²) in [6, 6.07) is 32.3. The van der Waals surface area contributed by atoms with Crippen molar-refractivity contribution in [2.24, 2.45) is 0 Å². The molecule has 3 amide bonds. The van der Waals surface area contributed by atoms with Gasteiger partial charge in [0, 0.05) is 43.0 Å². The summed E-state index contributed by atoms with van der Waals surface area (Å²) in [5.41, 5.74) is 3.26. The molecule has 46 heavy (non-hydrogen) atoms. The van der Waals surface area contributed by atoms with Gasteiger partial charge in [-0.15, -0.1) is 11.8 Å². The maximum Gasteiger partial charge on any atom is 0.272 e. The summed E-state index contributed by atoms with van der Waals surface area (Å²) in [5, 5.41) is 8.69. The van der Waals surface area contributed by atoms with Gasteiger partial charge in [-0.3, -0.25) is 14.4 Å². The van der Waals surface area contributed by atoms with Crippen LogP contribution in [0.3, 0.4) is 0 Å². The van der Waals surface area contributed by atoms with Gasteiger partial charge in [0.1, 0.15) is 17.2 Å². The van der Waals surface area contributed by atoms with Crippen LogP contribution in [0.5, 0.6) is 0 Å². The Morgan fingerprint density at radius 1 is 0.848 bits per heavy atom. The quantitative estimate of drug-likeness (QED) is 0.0990. The van der Waals surface area contributed by atoms with Crippen molar-refractivity contribution < 1.29 is 18.8 Å². The molecule has 232 valence electrons. The first-order valence-electron chi connectivity index (χ1n) is 14.2. The smallest absolute Gasteiger partial charge is 0.272 e. The Kier molecular flexibility index (Phi) is 10.8. The Labute approximate surface area is 284 Å². The van der Waals surface area contributed by atoms with Crippen molar-refractivity contribution >= 4 is 74.5 Å². The lowest BCUT2D eigenvalue weighted by Crippen LogP contribution is -2.30. The Morgan fingerprint density at radius 3 is 2.28 bits per heavy atom. The topological polar surface area (TPSA) is 100 Å². The molecule has 5 aromatic rings. The normalized spacial score (nSPS) is 11.9. The van der Waals surface area contributed by atoms with Crippen LogP contribution in [0.15, 0.2) is 129 Å². The number of nitrogens with one attached hydrogen (secondary N) is 3. The lowest BCUT2D eigenvalue weighted by molar-refractivity contribution is -0.115. The summed E-state index contributed by atoms with van der Waals surface area (Å²) in [4.78, 5) is 40.1. The maximum atomic E-state index is 13.5. The van der Waals surface area contributed by atoms with E-state index in [4.69, 9.17) is 16.0 Å². The fourth-order valence-corrected chi connectivity index (χ4v) is 5.64. The van der Waals surface area contributed by atoms with Gasteiger partial charge in [0.05, 0.1) is 5.25 Å². The van der Waals surface area contributed by atoms with E-state index in [2.05, 4.69) is 31.9 Å². The molecule has 1 atom stereocenters. The molecule has 5 rings (SSSR count). The zero-order valence-electron chi connectivity index (χ0n) is 24.8. The van der Waals surface area contributed by atoms with Crippen molar-refractivity contribution in [3.8, 4) is 11.3 Å². The Balaban J connectivity index is 1.28. The third-order valence-corrected chi connectivity index (χ3v) is 8.94. The van der Waals surface area contributed by atoms with Gasteiger partial charge < -0.3 is 20.4 Å². The maximum absolute atomic E-state index is 13.5. The van der Waals surface area contributed by atoms with Crippen LogP contribution in [0, 0.1) is 6.92 Å². The number of amides is 3. The summed E-state index contributed by atoms with van der Waals surface area (Å²) in [6.45, 7) is 3.67. The summed E-state index contributed by atoms with van der Waals surface area (Å²) in [6.07, 6.45) is 1.49. The molecule has 1 unspecified atom stereocenters. The highest BCUT2D eigenvalue weighted by Gasteiger charge is 2.18. The molecule has 0 fully saturated rings. The minimum absolute atomic E-state index is 0.00520. The van der Waals surface area contributed by atoms with Crippen LogP contribution < -0.4 is 16.0 Å². The van der Waals surface area contributed by atoms with Gasteiger partial charge in [-0.2, -0.15) is 0 Å². The van der Waals surface area contributed by atoms with Gasteiger partial charge in [0.25, 0.3) is 11.8 Å². The number of benzene rings is 4. The van der Waals surface area contributed by atoms with E-state index in [0.29, 0.717) is 33.5 Å². The summed E-state index contributed by atoms with van der Waals surface area (Å²) in [7, 11) is 0. The largest absolute Gasteiger partial charge is 0.457 e. The van der Waals surface area contributed by atoms with Crippen LogP contribution in [-0.4, -0.2) is 23.0 Å². The van der Waals surface area contributed by atoms with Gasteiger partial charge in [-0.1, -0.05) is 63.9 Å². The molecule has 1 aromatic heterocycles. The van der Waals surface area contributed by atoms with E-state index in [0.717, 1.165) is 20.5 Å². The molecule has 0 bridgehead atoms. The number of furan rings is 1. The second-order valence-corrected chi connectivity index (χ2v) is 13.0. The summed E-state index contributed by atoms with van der Waals surface area (Å²) >= 11 is 11.0. The van der Waals surface area contributed by atoms with E-state index in [1.54, 1.807) is 60.7 Å². The second kappa shape index (κ2) is 15.1. The Morgan fingerprint density at radius 2 is 1.57 bits per heavy atom. The van der Waals surface area contributed by atoms with Gasteiger partial charge in [-0.05, 0) is 92.2 Å². The first-order valence-corrected chi connectivity index (χ1v) is 16.3. The molecule has 3 N–H and O–H groups in total. The highest BCUT2D eigenvalue weighted by atomic mass is 79.9. The molecular weight excluding hydrogens is 686 g/mol. The lowest BCUT2D eigenvalue weighted by Gasteiger charge is -2.15. The third-order valence-electron chi connectivity index (χ3n) is 6.89. The van der Waals surface area contributed by atoms with Crippen molar-refractivity contribution in [1.29, 1.82) is 0 Å². The second-order valence-electron chi connectivity index (χ2n) is 10.2. The zero-order valence-corrected chi connectivity index (χ0v) is 28.0. The van der Waals surface area contributed by atoms with Crippen molar-refractivity contribution in [1.82, 2.24) is 5.32 Å². The summed E-state index contributed by atoms with van der Waals surface area (Å²) < 4.78 is 6.93. The van der Waals surface area contributed by atoms with Crippen molar-refractivity contribution in [2.75, 3.05) is 10.6 Å². The Hall–Kier alpha value is -4.57. The van der Waals surface area contributed by atoms with Crippen LogP contribution in [-0.2, 0) is 9.59 Å². The molecule has 0 spiro atoms. The minimum atomic E-state index is -0.532. The van der Waals surface area contributed by atoms with Gasteiger partial charge in [0.2, 0.25) is 5.91 Å². The molecule has 1 heterocycles. The highest BCUT2D eigenvalue weighted by molar-refractivity contribution is 9.10. The van der Waals surface area contributed by atoms with Crippen LogP contribution in [0.1, 0.15) is 28.6 Å². The van der Waals surface area contributed by atoms with Crippen LogP contribution >= 0.6 is 39.3 Å². The SMILES string of the molecule is Cc1c(Cl)cccc1NC(=O)C(C)Sc1ccc(NC(=O)C(=Cc2ccc(-c3ccc(Br)cc3)o2)NC(=O)c2ccccc2)cc1.